The van der Waals surface area contributed by atoms with Crippen molar-refractivity contribution in [1.29, 1.82) is 0 Å². The van der Waals surface area contributed by atoms with E-state index in [2.05, 4.69) is 36.8 Å². The monoisotopic (exact) mass is 146 g/mol. The molecule has 1 N–H and O–H groups in total. The third-order valence-electron chi connectivity index (χ3n) is 1.55. The highest BCUT2D eigenvalue weighted by molar-refractivity contribution is 7.80. The average Bonchev–Trinajstić information content (AvgIpc) is 1.59. The van der Waals surface area contributed by atoms with Gasteiger partial charge in [0, 0.05) is 19.1 Å². The second-order valence-corrected chi connectivity index (χ2v) is 3.43. The van der Waals surface area contributed by atoms with Crippen molar-refractivity contribution in [3.8, 4) is 0 Å². The highest BCUT2D eigenvalue weighted by Crippen LogP contribution is 2.03. The highest BCUT2D eigenvalue weighted by Gasteiger charge is 2.17. The molecule has 1 saturated heterocycles. The molecule has 0 amide bonds. The van der Waals surface area contributed by atoms with Crippen LogP contribution >= 0.6 is 12.6 Å². The van der Waals surface area contributed by atoms with Crippen LogP contribution in [0.5, 0.6) is 0 Å². The van der Waals surface area contributed by atoms with Crippen molar-refractivity contribution in [3.05, 3.63) is 0 Å². The number of rotatable bonds is 0. The molecule has 0 bridgehead atoms. The van der Waals surface area contributed by atoms with Gasteiger partial charge in [0.25, 0.3) is 0 Å². The fourth-order valence-corrected chi connectivity index (χ4v) is 1.80. The molecule has 1 heterocycles. The Kier molecular flexibility index (Phi) is 2.38. The standard InChI is InChI=1S/C6H14N2S/c1-5-3-8(2)4-6(9)7-5/h5-7,9H,3-4H2,1-2H3. The van der Waals surface area contributed by atoms with Gasteiger partial charge in [-0.15, -0.1) is 0 Å². The molecule has 2 nitrogen and oxygen atoms in total. The molecule has 0 saturated carbocycles. The first-order valence-corrected chi connectivity index (χ1v) is 3.83. The molecule has 1 aliphatic heterocycles. The van der Waals surface area contributed by atoms with Crippen molar-refractivity contribution in [2.75, 3.05) is 20.1 Å². The van der Waals surface area contributed by atoms with Crippen LogP contribution < -0.4 is 5.32 Å². The second-order valence-electron chi connectivity index (χ2n) is 2.80. The lowest BCUT2D eigenvalue weighted by molar-refractivity contribution is 0.236. The molecule has 1 rings (SSSR count). The number of likely N-dealkylation sites (N-methyl/N-ethyl adjacent to an activating group) is 1. The Morgan fingerprint density at radius 3 is 2.67 bits per heavy atom. The summed E-state index contributed by atoms with van der Waals surface area (Å²) in [6.45, 7) is 4.36. The van der Waals surface area contributed by atoms with Crippen LogP contribution in [-0.4, -0.2) is 36.5 Å². The predicted octanol–water partition coefficient (Wildman–Crippen LogP) is 0.166. The molecule has 2 unspecified atom stereocenters. The SMILES string of the molecule is CC1CN(C)CC(S)N1. The summed E-state index contributed by atoms with van der Waals surface area (Å²) in [6, 6.07) is 0.589. The van der Waals surface area contributed by atoms with Crippen LogP contribution in [-0.2, 0) is 0 Å². The fourth-order valence-electron chi connectivity index (χ4n) is 1.27. The van der Waals surface area contributed by atoms with Crippen LogP contribution in [0.4, 0.5) is 0 Å². The van der Waals surface area contributed by atoms with E-state index < -0.39 is 0 Å². The zero-order valence-corrected chi connectivity index (χ0v) is 6.86. The molecule has 0 aromatic heterocycles. The Labute approximate surface area is 62.0 Å². The molecule has 1 aliphatic rings. The number of piperazine rings is 1. The summed E-state index contributed by atoms with van der Waals surface area (Å²) in [5, 5.41) is 3.69. The molecule has 0 radical (unpaired) electrons. The summed E-state index contributed by atoms with van der Waals surface area (Å²) in [5.41, 5.74) is 0. The Hall–Kier alpha value is 0.270. The normalized spacial score (nSPS) is 39.0. The van der Waals surface area contributed by atoms with Crippen molar-refractivity contribution >= 4 is 12.6 Å². The minimum absolute atomic E-state index is 0.360. The van der Waals surface area contributed by atoms with Crippen molar-refractivity contribution in [2.24, 2.45) is 0 Å². The molecule has 3 heteroatoms. The van der Waals surface area contributed by atoms with E-state index in [1.807, 2.05) is 0 Å². The number of thiol groups is 1. The lowest BCUT2D eigenvalue weighted by Gasteiger charge is -2.32. The summed E-state index contributed by atoms with van der Waals surface area (Å²) >= 11 is 4.33. The second kappa shape index (κ2) is 2.90. The molecular formula is C6H14N2S. The van der Waals surface area contributed by atoms with E-state index in [9.17, 15) is 0 Å². The topological polar surface area (TPSA) is 15.3 Å². The smallest absolute Gasteiger partial charge is 0.0633 e. The van der Waals surface area contributed by atoms with Gasteiger partial charge in [-0.05, 0) is 14.0 Å². The lowest BCUT2D eigenvalue weighted by atomic mass is 10.2. The van der Waals surface area contributed by atoms with E-state index in [-0.39, 0.29) is 0 Å². The van der Waals surface area contributed by atoms with Gasteiger partial charge in [-0.25, -0.2) is 0 Å². The first kappa shape index (κ1) is 7.38. The molecule has 9 heavy (non-hydrogen) atoms. The van der Waals surface area contributed by atoms with Gasteiger partial charge in [-0.1, -0.05) is 0 Å². The number of hydrogen-bond donors (Lipinski definition) is 2. The van der Waals surface area contributed by atoms with Gasteiger partial charge in [-0.2, -0.15) is 12.6 Å². The van der Waals surface area contributed by atoms with Crippen molar-refractivity contribution in [2.45, 2.75) is 18.3 Å². The first-order chi connectivity index (χ1) is 4.18. The first-order valence-electron chi connectivity index (χ1n) is 3.31. The van der Waals surface area contributed by atoms with Crippen LogP contribution in [0.15, 0.2) is 0 Å². The summed E-state index contributed by atoms with van der Waals surface area (Å²) in [7, 11) is 2.13. The van der Waals surface area contributed by atoms with Crippen LogP contribution in [0.2, 0.25) is 0 Å². The van der Waals surface area contributed by atoms with Crippen molar-refractivity contribution < 1.29 is 0 Å². The maximum atomic E-state index is 4.33. The number of nitrogens with zero attached hydrogens (tertiary/aromatic N) is 1. The predicted molar refractivity (Wildman–Crippen MR) is 42.9 cm³/mol. The van der Waals surface area contributed by atoms with Gasteiger partial charge in [0.15, 0.2) is 0 Å². The summed E-state index contributed by atoms with van der Waals surface area (Å²) in [6.07, 6.45) is 0. The Bertz CT molecular complexity index is 72.0. The van der Waals surface area contributed by atoms with Crippen LogP contribution in [0, 0.1) is 0 Å². The van der Waals surface area contributed by atoms with Crippen LogP contribution in [0.25, 0.3) is 0 Å². The van der Waals surface area contributed by atoms with Crippen LogP contribution in [0.3, 0.4) is 0 Å². The minimum Gasteiger partial charge on any atom is -0.302 e. The van der Waals surface area contributed by atoms with Gasteiger partial charge < -0.3 is 10.2 Å². The number of nitrogens with one attached hydrogen (secondary N) is 1. The molecule has 0 aromatic rings. The maximum Gasteiger partial charge on any atom is 0.0633 e. The molecule has 0 spiro atoms. The Balaban J connectivity index is 2.34. The molecule has 1 fully saturated rings. The van der Waals surface area contributed by atoms with E-state index in [1.54, 1.807) is 0 Å². The Morgan fingerprint density at radius 1 is 1.56 bits per heavy atom. The summed E-state index contributed by atoms with van der Waals surface area (Å²) < 4.78 is 0. The number of hydrogen-bond acceptors (Lipinski definition) is 3. The van der Waals surface area contributed by atoms with E-state index >= 15 is 0 Å². The molecule has 0 aliphatic carbocycles. The van der Waals surface area contributed by atoms with Gasteiger partial charge in [0.2, 0.25) is 0 Å². The van der Waals surface area contributed by atoms with Crippen molar-refractivity contribution in [1.82, 2.24) is 10.2 Å². The lowest BCUT2D eigenvalue weighted by Crippen LogP contribution is -2.51. The Morgan fingerprint density at radius 2 is 2.22 bits per heavy atom. The zero-order valence-electron chi connectivity index (χ0n) is 5.96. The molecule has 0 aromatic carbocycles. The van der Waals surface area contributed by atoms with E-state index in [4.69, 9.17) is 0 Å². The van der Waals surface area contributed by atoms with Gasteiger partial charge >= 0.3 is 0 Å². The quantitative estimate of drug-likeness (QED) is 0.474. The average molecular weight is 146 g/mol. The van der Waals surface area contributed by atoms with E-state index in [0.717, 1.165) is 13.1 Å². The maximum absolute atomic E-state index is 4.33. The minimum atomic E-state index is 0.360. The van der Waals surface area contributed by atoms with Gasteiger partial charge in [0.05, 0.1) is 5.37 Å². The molecule has 2 atom stereocenters. The highest BCUT2D eigenvalue weighted by atomic mass is 32.1. The third kappa shape index (κ3) is 2.16. The largest absolute Gasteiger partial charge is 0.302 e. The van der Waals surface area contributed by atoms with E-state index in [1.165, 1.54) is 0 Å². The van der Waals surface area contributed by atoms with Crippen molar-refractivity contribution in [3.63, 3.8) is 0 Å². The van der Waals surface area contributed by atoms with Crippen LogP contribution in [0.1, 0.15) is 6.92 Å². The zero-order chi connectivity index (χ0) is 6.85. The summed E-state index contributed by atoms with van der Waals surface area (Å²) in [5.74, 6) is 0. The van der Waals surface area contributed by atoms with E-state index in [0.29, 0.717) is 11.4 Å². The van der Waals surface area contributed by atoms with Gasteiger partial charge in [-0.3, -0.25) is 0 Å². The fraction of sp³-hybridized carbons (Fsp3) is 1.00. The van der Waals surface area contributed by atoms with Gasteiger partial charge in [0.1, 0.15) is 0 Å². The summed E-state index contributed by atoms with van der Waals surface area (Å²) in [4.78, 5) is 2.29. The third-order valence-corrected chi connectivity index (χ3v) is 1.86. The molecule has 54 valence electrons. The molecular weight excluding hydrogens is 132 g/mol.